The van der Waals surface area contributed by atoms with Crippen molar-refractivity contribution in [3.8, 4) is 11.5 Å². The zero-order valence-electron chi connectivity index (χ0n) is 18.6. The molecule has 2 amide bonds. The van der Waals surface area contributed by atoms with Gasteiger partial charge in [-0.15, -0.1) is 0 Å². The number of benzene rings is 2. The van der Waals surface area contributed by atoms with Gasteiger partial charge in [-0.3, -0.25) is 9.59 Å². The van der Waals surface area contributed by atoms with Gasteiger partial charge in [0.1, 0.15) is 11.5 Å². The molecular weight excluding hydrogens is 432 g/mol. The lowest BCUT2D eigenvalue weighted by Crippen LogP contribution is -2.36. The van der Waals surface area contributed by atoms with E-state index in [2.05, 4.69) is 5.32 Å². The lowest BCUT2D eigenvalue weighted by Gasteiger charge is -2.21. The van der Waals surface area contributed by atoms with Crippen molar-refractivity contribution >= 4 is 23.4 Å². The Morgan fingerprint density at radius 1 is 1.06 bits per heavy atom. The van der Waals surface area contributed by atoms with Crippen LogP contribution in [0.2, 0.25) is 5.02 Å². The van der Waals surface area contributed by atoms with Crippen molar-refractivity contribution in [2.75, 3.05) is 47.6 Å². The van der Waals surface area contributed by atoms with Gasteiger partial charge in [0.2, 0.25) is 5.91 Å². The average molecular weight is 461 g/mol. The van der Waals surface area contributed by atoms with Crippen LogP contribution < -0.4 is 14.8 Å². The SMILES string of the molecule is COCCCNC(=O)[C@H]1CN(C(=O)c2ccc(Cl)cc2)C[C@@H]1c1cc(OC)ccc1OC. The Morgan fingerprint density at radius 3 is 2.47 bits per heavy atom. The summed E-state index contributed by atoms with van der Waals surface area (Å²) < 4.78 is 16.0. The predicted octanol–water partition coefficient (Wildman–Crippen LogP) is 3.37. The van der Waals surface area contributed by atoms with E-state index in [4.69, 9.17) is 25.8 Å². The molecule has 1 aliphatic heterocycles. The van der Waals surface area contributed by atoms with E-state index in [1.54, 1.807) is 50.5 Å². The molecule has 32 heavy (non-hydrogen) atoms. The van der Waals surface area contributed by atoms with Crippen LogP contribution in [0.15, 0.2) is 42.5 Å². The number of nitrogens with one attached hydrogen (secondary N) is 1. The van der Waals surface area contributed by atoms with Crippen molar-refractivity contribution in [1.82, 2.24) is 10.2 Å². The molecule has 3 rings (SSSR count). The molecule has 0 radical (unpaired) electrons. The molecule has 1 fully saturated rings. The summed E-state index contributed by atoms with van der Waals surface area (Å²) in [5.41, 5.74) is 1.38. The fourth-order valence-corrected chi connectivity index (χ4v) is 4.14. The van der Waals surface area contributed by atoms with Gasteiger partial charge in [-0.05, 0) is 48.9 Å². The fraction of sp³-hybridized carbons (Fsp3) is 0.417. The summed E-state index contributed by atoms with van der Waals surface area (Å²) in [6, 6.07) is 12.3. The summed E-state index contributed by atoms with van der Waals surface area (Å²) >= 11 is 5.96. The Morgan fingerprint density at radius 2 is 1.81 bits per heavy atom. The van der Waals surface area contributed by atoms with Gasteiger partial charge < -0.3 is 24.4 Å². The third-order valence-electron chi connectivity index (χ3n) is 5.70. The van der Waals surface area contributed by atoms with E-state index < -0.39 is 5.92 Å². The van der Waals surface area contributed by atoms with Crippen LogP contribution in [0, 0.1) is 5.92 Å². The standard InChI is InChI=1S/C24H29ClN2O5/c1-30-12-4-11-26-23(28)21-15-27(24(29)16-5-7-17(25)8-6-16)14-20(21)19-13-18(31-2)9-10-22(19)32-3/h5-10,13,20-21H,4,11-12,14-15H2,1-3H3,(H,26,28)/t20-,21+/m1/s1. The molecule has 0 unspecified atom stereocenters. The van der Waals surface area contributed by atoms with Crippen LogP contribution in [0.5, 0.6) is 11.5 Å². The van der Waals surface area contributed by atoms with Gasteiger partial charge in [-0.25, -0.2) is 0 Å². The Bertz CT molecular complexity index is 934. The van der Waals surface area contributed by atoms with Crippen LogP contribution in [0.4, 0.5) is 0 Å². The van der Waals surface area contributed by atoms with Gasteiger partial charge in [-0.1, -0.05) is 11.6 Å². The average Bonchev–Trinajstić information content (AvgIpc) is 3.26. The van der Waals surface area contributed by atoms with Crippen LogP contribution in [-0.4, -0.2) is 64.3 Å². The Balaban J connectivity index is 1.88. The summed E-state index contributed by atoms with van der Waals surface area (Å²) in [4.78, 5) is 28.0. The first-order valence-electron chi connectivity index (χ1n) is 10.5. The second kappa shape index (κ2) is 11.2. The third kappa shape index (κ3) is 5.53. The van der Waals surface area contributed by atoms with Gasteiger partial charge in [-0.2, -0.15) is 0 Å². The van der Waals surface area contributed by atoms with E-state index in [1.165, 1.54) is 0 Å². The number of rotatable bonds is 9. The van der Waals surface area contributed by atoms with Gasteiger partial charge >= 0.3 is 0 Å². The van der Waals surface area contributed by atoms with Crippen molar-refractivity contribution < 1.29 is 23.8 Å². The van der Waals surface area contributed by atoms with Gasteiger partial charge in [0.15, 0.2) is 0 Å². The molecule has 1 saturated heterocycles. The first-order valence-corrected chi connectivity index (χ1v) is 10.9. The monoisotopic (exact) mass is 460 g/mol. The van der Waals surface area contributed by atoms with E-state index in [-0.39, 0.29) is 17.7 Å². The highest BCUT2D eigenvalue weighted by molar-refractivity contribution is 6.30. The minimum absolute atomic E-state index is 0.0950. The molecule has 2 atom stereocenters. The van der Waals surface area contributed by atoms with Crippen LogP contribution in [0.1, 0.15) is 28.3 Å². The van der Waals surface area contributed by atoms with Crippen molar-refractivity contribution in [3.63, 3.8) is 0 Å². The maximum Gasteiger partial charge on any atom is 0.253 e. The van der Waals surface area contributed by atoms with Crippen LogP contribution in [-0.2, 0) is 9.53 Å². The lowest BCUT2D eigenvalue weighted by atomic mass is 9.87. The van der Waals surface area contributed by atoms with Crippen LogP contribution >= 0.6 is 11.6 Å². The fourth-order valence-electron chi connectivity index (χ4n) is 4.01. The van der Waals surface area contributed by atoms with E-state index in [9.17, 15) is 9.59 Å². The molecule has 1 N–H and O–H groups in total. The van der Waals surface area contributed by atoms with E-state index in [1.807, 2.05) is 18.2 Å². The summed E-state index contributed by atoms with van der Waals surface area (Å²) in [5, 5.41) is 3.55. The molecule has 172 valence electrons. The molecule has 2 aromatic carbocycles. The number of ether oxygens (including phenoxy) is 3. The largest absolute Gasteiger partial charge is 0.497 e. The molecule has 1 heterocycles. The van der Waals surface area contributed by atoms with Crippen LogP contribution in [0.25, 0.3) is 0 Å². The molecule has 2 aromatic rings. The molecular formula is C24H29ClN2O5. The van der Waals surface area contributed by atoms with Crippen LogP contribution in [0.3, 0.4) is 0 Å². The summed E-state index contributed by atoms with van der Waals surface area (Å²) in [7, 11) is 4.82. The second-order valence-electron chi connectivity index (χ2n) is 7.68. The molecule has 0 aliphatic carbocycles. The number of amides is 2. The van der Waals surface area contributed by atoms with E-state index in [0.717, 1.165) is 12.0 Å². The maximum atomic E-state index is 13.2. The normalized spacial score (nSPS) is 17.8. The number of hydrogen-bond donors (Lipinski definition) is 1. The molecule has 7 nitrogen and oxygen atoms in total. The van der Waals surface area contributed by atoms with Gasteiger partial charge in [0.25, 0.3) is 5.91 Å². The maximum absolute atomic E-state index is 13.2. The van der Waals surface area contributed by atoms with Gasteiger partial charge in [0.05, 0.1) is 20.1 Å². The predicted molar refractivity (Wildman–Crippen MR) is 123 cm³/mol. The minimum Gasteiger partial charge on any atom is -0.497 e. The number of halogens is 1. The van der Waals surface area contributed by atoms with Crippen molar-refractivity contribution in [3.05, 3.63) is 58.6 Å². The number of methoxy groups -OCH3 is 3. The number of nitrogens with zero attached hydrogens (tertiary/aromatic N) is 1. The first-order chi connectivity index (χ1) is 15.5. The Kier molecular flexibility index (Phi) is 8.36. The van der Waals surface area contributed by atoms with Crippen molar-refractivity contribution in [2.24, 2.45) is 5.92 Å². The number of hydrogen-bond acceptors (Lipinski definition) is 5. The Hall–Kier alpha value is -2.77. The zero-order chi connectivity index (χ0) is 23.1. The smallest absolute Gasteiger partial charge is 0.253 e. The highest BCUT2D eigenvalue weighted by atomic mass is 35.5. The number of carbonyl (C=O) groups is 2. The first kappa shape index (κ1) is 23.9. The molecule has 0 bridgehead atoms. The van der Waals surface area contributed by atoms with Crippen molar-refractivity contribution in [2.45, 2.75) is 12.3 Å². The lowest BCUT2D eigenvalue weighted by molar-refractivity contribution is -0.125. The highest BCUT2D eigenvalue weighted by Gasteiger charge is 2.41. The summed E-state index contributed by atoms with van der Waals surface area (Å²) in [6.07, 6.45) is 0.718. The molecule has 0 spiro atoms. The molecule has 1 aliphatic rings. The number of carbonyl (C=O) groups excluding carboxylic acids is 2. The van der Waals surface area contributed by atoms with E-state index >= 15 is 0 Å². The van der Waals surface area contributed by atoms with Crippen molar-refractivity contribution in [1.29, 1.82) is 0 Å². The Labute approximate surface area is 193 Å². The number of likely N-dealkylation sites (tertiary alicyclic amines) is 1. The molecule has 0 saturated carbocycles. The summed E-state index contributed by atoms with van der Waals surface area (Å²) in [6.45, 7) is 1.78. The third-order valence-corrected chi connectivity index (χ3v) is 5.95. The van der Waals surface area contributed by atoms with Gasteiger partial charge in [0, 0.05) is 55.4 Å². The second-order valence-corrected chi connectivity index (χ2v) is 8.11. The zero-order valence-corrected chi connectivity index (χ0v) is 19.4. The topological polar surface area (TPSA) is 77.1 Å². The summed E-state index contributed by atoms with van der Waals surface area (Å²) in [5.74, 6) is 0.440. The molecule has 0 aromatic heterocycles. The van der Waals surface area contributed by atoms with E-state index in [0.29, 0.717) is 48.3 Å². The highest BCUT2D eigenvalue weighted by Crippen LogP contribution is 2.40. The molecule has 8 heteroatoms. The quantitative estimate of drug-likeness (QED) is 0.580. The minimum atomic E-state index is -0.421.